The third-order valence-electron chi connectivity index (χ3n) is 5.82. The second kappa shape index (κ2) is 9.36. The van der Waals surface area contributed by atoms with Crippen LogP contribution in [0.3, 0.4) is 0 Å². The summed E-state index contributed by atoms with van der Waals surface area (Å²) < 4.78 is 5.58. The Kier molecular flexibility index (Phi) is 6.37. The molecule has 0 spiro atoms. The van der Waals surface area contributed by atoms with Crippen LogP contribution in [0.4, 0.5) is 11.6 Å². The van der Waals surface area contributed by atoms with Crippen molar-refractivity contribution in [3.63, 3.8) is 0 Å². The summed E-state index contributed by atoms with van der Waals surface area (Å²) in [5.74, 6) is 1.33. The van der Waals surface area contributed by atoms with E-state index in [0.29, 0.717) is 30.3 Å². The number of benzene rings is 2. The monoisotopic (exact) mass is 431 g/mol. The number of aromatic nitrogens is 2. The summed E-state index contributed by atoms with van der Waals surface area (Å²) in [5.41, 5.74) is 4.16. The van der Waals surface area contributed by atoms with Crippen molar-refractivity contribution in [3.8, 4) is 5.75 Å². The van der Waals surface area contributed by atoms with Crippen molar-refractivity contribution >= 4 is 17.5 Å². The fraction of sp³-hybridized carbons (Fsp3) is 0.320. The number of hydrogen-bond donors (Lipinski definition) is 1. The molecule has 32 heavy (non-hydrogen) atoms. The second-order valence-corrected chi connectivity index (χ2v) is 8.13. The van der Waals surface area contributed by atoms with Gasteiger partial charge in [-0.2, -0.15) is 0 Å². The molecule has 2 aromatic carbocycles. The van der Waals surface area contributed by atoms with Crippen molar-refractivity contribution in [2.24, 2.45) is 0 Å². The molecule has 1 saturated heterocycles. The number of nitrogens with one attached hydrogen (secondary N) is 1. The third kappa shape index (κ3) is 4.57. The molecule has 0 unspecified atom stereocenters. The fourth-order valence-corrected chi connectivity index (χ4v) is 4.19. The van der Waals surface area contributed by atoms with E-state index in [1.54, 1.807) is 7.11 Å². The number of piperazine rings is 1. The molecule has 1 fully saturated rings. The predicted octanol–water partition coefficient (Wildman–Crippen LogP) is 3.97. The second-order valence-electron chi connectivity index (χ2n) is 8.13. The summed E-state index contributed by atoms with van der Waals surface area (Å²) in [4.78, 5) is 26.7. The number of amides is 1. The molecule has 0 saturated carbocycles. The first kappa shape index (κ1) is 21.8. The van der Waals surface area contributed by atoms with Gasteiger partial charge in [0.15, 0.2) is 0 Å². The van der Waals surface area contributed by atoms with Crippen LogP contribution in [0.1, 0.15) is 33.4 Å². The van der Waals surface area contributed by atoms with E-state index in [-0.39, 0.29) is 11.9 Å². The average Bonchev–Trinajstić information content (AvgIpc) is 2.78. The molecule has 1 aliphatic rings. The van der Waals surface area contributed by atoms with Crippen molar-refractivity contribution in [2.45, 2.75) is 19.9 Å². The number of carbonyl (C=O) groups is 1. The maximum atomic E-state index is 13.6. The molecular weight excluding hydrogens is 402 g/mol. The Labute approximate surface area is 189 Å². The van der Waals surface area contributed by atoms with E-state index in [1.165, 1.54) is 0 Å². The Balaban J connectivity index is 1.59. The van der Waals surface area contributed by atoms with E-state index < -0.39 is 0 Å². The Morgan fingerprint density at radius 2 is 1.72 bits per heavy atom. The lowest BCUT2D eigenvalue weighted by molar-refractivity contribution is 0.0543. The highest BCUT2D eigenvalue weighted by Crippen LogP contribution is 2.32. The van der Waals surface area contributed by atoms with Gasteiger partial charge in [0.2, 0.25) is 5.95 Å². The Morgan fingerprint density at radius 3 is 2.47 bits per heavy atom. The lowest BCUT2D eigenvalue weighted by atomic mass is 10.0. The molecule has 1 aliphatic heterocycles. The summed E-state index contributed by atoms with van der Waals surface area (Å²) in [6.07, 6.45) is 0. The number of aryl methyl sites for hydroxylation is 2. The third-order valence-corrected chi connectivity index (χ3v) is 5.82. The number of nitrogens with zero attached hydrogens (tertiary/aromatic N) is 4. The van der Waals surface area contributed by atoms with Crippen LogP contribution < -0.4 is 10.1 Å². The lowest BCUT2D eigenvalue weighted by Crippen LogP contribution is -2.49. The highest BCUT2D eigenvalue weighted by Gasteiger charge is 2.31. The average molecular weight is 432 g/mol. The molecule has 1 amide bonds. The van der Waals surface area contributed by atoms with Crippen LogP contribution in [0, 0.1) is 13.8 Å². The van der Waals surface area contributed by atoms with E-state index in [9.17, 15) is 4.79 Å². The molecule has 1 N–H and O–H groups in total. The van der Waals surface area contributed by atoms with Gasteiger partial charge in [0.05, 0.1) is 24.4 Å². The number of methoxy groups -OCH3 is 1. The number of carbonyl (C=O) groups excluding carboxylic acids is 1. The van der Waals surface area contributed by atoms with E-state index in [4.69, 9.17) is 4.74 Å². The topological polar surface area (TPSA) is 70.6 Å². The zero-order valence-electron chi connectivity index (χ0n) is 19.0. The first-order chi connectivity index (χ1) is 15.5. The number of rotatable bonds is 5. The van der Waals surface area contributed by atoms with Crippen LogP contribution >= 0.6 is 0 Å². The number of likely N-dealkylation sites (N-methyl/N-ethyl adjacent to an activating group) is 1. The highest BCUT2D eigenvalue weighted by atomic mass is 16.5. The quantitative estimate of drug-likeness (QED) is 0.659. The number of para-hydroxylation sites is 2. The highest BCUT2D eigenvalue weighted by molar-refractivity contribution is 6.00. The van der Waals surface area contributed by atoms with Crippen LogP contribution in [-0.2, 0) is 0 Å². The molecule has 2 heterocycles. The maximum absolute atomic E-state index is 13.6. The summed E-state index contributed by atoms with van der Waals surface area (Å²) in [6, 6.07) is 17.5. The van der Waals surface area contributed by atoms with Crippen molar-refractivity contribution in [2.75, 3.05) is 39.1 Å². The molecule has 0 bridgehead atoms. The summed E-state index contributed by atoms with van der Waals surface area (Å²) in [7, 11) is 3.77. The number of anilines is 2. The summed E-state index contributed by atoms with van der Waals surface area (Å²) >= 11 is 0. The van der Waals surface area contributed by atoms with Gasteiger partial charge < -0.3 is 15.0 Å². The molecule has 7 nitrogen and oxygen atoms in total. The smallest absolute Gasteiger partial charge is 0.256 e. The van der Waals surface area contributed by atoms with E-state index >= 15 is 0 Å². The van der Waals surface area contributed by atoms with Crippen molar-refractivity contribution in [3.05, 3.63) is 77.1 Å². The summed E-state index contributed by atoms with van der Waals surface area (Å²) in [5, 5.41) is 3.24. The van der Waals surface area contributed by atoms with Crippen molar-refractivity contribution < 1.29 is 9.53 Å². The Bertz CT molecular complexity index is 1100. The zero-order chi connectivity index (χ0) is 22.7. The van der Waals surface area contributed by atoms with Gasteiger partial charge in [-0.25, -0.2) is 9.97 Å². The molecule has 3 aromatic rings. The normalized spacial score (nSPS) is 16.6. The minimum atomic E-state index is -0.00882. The summed E-state index contributed by atoms with van der Waals surface area (Å²) in [6.45, 7) is 5.89. The van der Waals surface area contributed by atoms with Crippen LogP contribution in [0.2, 0.25) is 0 Å². The van der Waals surface area contributed by atoms with E-state index in [0.717, 1.165) is 29.2 Å². The van der Waals surface area contributed by atoms with Gasteiger partial charge in [-0.05, 0) is 45.2 Å². The zero-order valence-corrected chi connectivity index (χ0v) is 19.0. The molecule has 7 heteroatoms. The van der Waals surface area contributed by atoms with Gasteiger partial charge in [-0.1, -0.05) is 30.3 Å². The van der Waals surface area contributed by atoms with Crippen LogP contribution in [0.5, 0.6) is 5.75 Å². The Hall–Kier alpha value is -3.45. The van der Waals surface area contributed by atoms with E-state index in [1.807, 2.05) is 67.3 Å². The van der Waals surface area contributed by atoms with Gasteiger partial charge in [0, 0.05) is 36.6 Å². The molecule has 0 radical (unpaired) electrons. The fourth-order valence-electron chi connectivity index (χ4n) is 4.19. The molecule has 4 rings (SSSR count). The van der Waals surface area contributed by atoms with E-state index in [2.05, 4.69) is 33.3 Å². The minimum Gasteiger partial charge on any atom is -0.496 e. The Morgan fingerprint density at radius 1 is 1.03 bits per heavy atom. The van der Waals surface area contributed by atoms with Crippen LogP contribution in [0.15, 0.2) is 54.6 Å². The number of ether oxygens (including phenoxy) is 1. The molecule has 1 atom stereocenters. The van der Waals surface area contributed by atoms with Crippen LogP contribution in [-0.4, -0.2) is 59.5 Å². The molecule has 1 aromatic heterocycles. The van der Waals surface area contributed by atoms with Crippen molar-refractivity contribution in [1.82, 2.24) is 19.8 Å². The van der Waals surface area contributed by atoms with Gasteiger partial charge in [0.25, 0.3) is 5.91 Å². The molecule has 166 valence electrons. The lowest BCUT2D eigenvalue weighted by Gasteiger charge is -2.40. The molecular formula is C25H29N5O2. The van der Waals surface area contributed by atoms with Gasteiger partial charge in [-0.3, -0.25) is 9.69 Å². The van der Waals surface area contributed by atoms with Gasteiger partial charge in [0.1, 0.15) is 5.75 Å². The standard InChI is InChI=1S/C25H29N5O2/c1-17-15-18(2)27-25(26-17)28-21-11-7-5-9-19(21)24(31)30-14-13-29(3)22(16-30)20-10-6-8-12-23(20)32-4/h5-12,15,22H,13-14,16H2,1-4H3,(H,26,27,28)/t22-/m1/s1. The first-order valence-corrected chi connectivity index (χ1v) is 10.8. The molecule has 0 aliphatic carbocycles. The van der Waals surface area contributed by atoms with Gasteiger partial charge in [-0.15, -0.1) is 0 Å². The van der Waals surface area contributed by atoms with Crippen molar-refractivity contribution in [1.29, 1.82) is 0 Å². The SMILES string of the molecule is COc1ccccc1[C@H]1CN(C(=O)c2ccccc2Nc2nc(C)cc(C)n2)CCN1C. The maximum Gasteiger partial charge on any atom is 0.256 e. The van der Waals surface area contributed by atoms with Crippen LogP contribution in [0.25, 0.3) is 0 Å². The largest absolute Gasteiger partial charge is 0.496 e. The minimum absolute atomic E-state index is 0.00882. The first-order valence-electron chi connectivity index (χ1n) is 10.8. The van der Waals surface area contributed by atoms with Gasteiger partial charge >= 0.3 is 0 Å². The predicted molar refractivity (Wildman–Crippen MR) is 125 cm³/mol. The number of hydrogen-bond acceptors (Lipinski definition) is 6.